The fourth-order valence-corrected chi connectivity index (χ4v) is 2.87. The number of nitrogens with one attached hydrogen (secondary N) is 2. The quantitative estimate of drug-likeness (QED) is 0.893. The number of urea groups is 1. The van der Waals surface area contributed by atoms with E-state index in [1.165, 1.54) is 24.3 Å². The van der Waals surface area contributed by atoms with E-state index in [4.69, 9.17) is 0 Å². The monoisotopic (exact) mass is 341 g/mol. The molecule has 25 heavy (non-hydrogen) atoms. The first kappa shape index (κ1) is 17.0. The number of nitrogens with zero attached hydrogens (tertiary/aromatic N) is 1. The highest BCUT2D eigenvalue weighted by molar-refractivity contribution is 5.99. The number of carbonyl (C=O) groups is 2. The molecule has 2 aromatic rings. The van der Waals surface area contributed by atoms with Crippen molar-refractivity contribution in [3.63, 3.8) is 0 Å². The van der Waals surface area contributed by atoms with E-state index in [2.05, 4.69) is 10.6 Å². The van der Waals surface area contributed by atoms with Crippen molar-refractivity contribution >= 4 is 23.3 Å². The maximum atomic E-state index is 13.0. The maximum Gasteiger partial charge on any atom is 0.322 e. The minimum absolute atomic E-state index is 0.261. The summed E-state index contributed by atoms with van der Waals surface area (Å²) in [5, 5.41) is 5.56. The molecule has 1 atom stereocenters. The summed E-state index contributed by atoms with van der Waals surface area (Å²) in [6.45, 7) is 2.50. The largest absolute Gasteiger partial charge is 0.324 e. The van der Waals surface area contributed by atoms with Crippen molar-refractivity contribution in [3.8, 4) is 0 Å². The van der Waals surface area contributed by atoms with Gasteiger partial charge in [-0.05, 0) is 56.2 Å². The third-order valence-corrected chi connectivity index (χ3v) is 4.23. The van der Waals surface area contributed by atoms with E-state index in [1.54, 1.807) is 4.90 Å². The molecule has 1 heterocycles. The zero-order valence-electron chi connectivity index (χ0n) is 14.0. The van der Waals surface area contributed by atoms with Crippen LogP contribution in [-0.4, -0.2) is 29.4 Å². The maximum absolute atomic E-state index is 13.0. The van der Waals surface area contributed by atoms with Gasteiger partial charge in [0.15, 0.2) is 0 Å². The normalized spacial score (nSPS) is 16.6. The Bertz CT molecular complexity index is 694. The fraction of sp³-hybridized carbons (Fsp3) is 0.263. The zero-order chi connectivity index (χ0) is 17.8. The Kier molecular flexibility index (Phi) is 4.97. The van der Waals surface area contributed by atoms with Crippen LogP contribution in [0.1, 0.15) is 18.4 Å². The summed E-state index contributed by atoms with van der Waals surface area (Å²) in [5.74, 6) is -0.624. The lowest BCUT2D eigenvalue weighted by molar-refractivity contribution is -0.119. The number of amides is 3. The molecule has 5 nitrogen and oxygen atoms in total. The van der Waals surface area contributed by atoms with Crippen molar-refractivity contribution in [2.75, 3.05) is 17.2 Å². The van der Waals surface area contributed by atoms with E-state index in [-0.39, 0.29) is 17.8 Å². The van der Waals surface area contributed by atoms with Gasteiger partial charge in [0.1, 0.15) is 11.9 Å². The number of benzene rings is 2. The molecule has 0 aromatic heterocycles. The Labute approximate surface area is 145 Å². The lowest BCUT2D eigenvalue weighted by Crippen LogP contribution is -2.45. The highest BCUT2D eigenvalue weighted by Gasteiger charge is 2.34. The Balaban J connectivity index is 1.64. The van der Waals surface area contributed by atoms with Gasteiger partial charge in [0, 0.05) is 17.9 Å². The van der Waals surface area contributed by atoms with Crippen LogP contribution in [0.3, 0.4) is 0 Å². The average molecular weight is 341 g/mol. The van der Waals surface area contributed by atoms with Crippen molar-refractivity contribution in [2.45, 2.75) is 25.8 Å². The first-order valence-electron chi connectivity index (χ1n) is 8.23. The molecule has 1 saturated heterocycles. The number of hydrogen-bond donors (Lipinski definition) is 2. The van der Waals surface area contributed by atoms with Gasteiger partial charge in [-0.3, -0.25) is 4.79 Å². The number of likely N-dealkylation sites (tertiary alicyclic amines) is 1. The third kappa shape index (κ3) is 4.15. The average Bonchev–Trinajstić information content (AvgIpc) is 3.09. The molecule has 2 N–H and O–H groups in total. The van der Waals surface area contributed by atoms with Gasteiger partial charge in [0.25, 0.3) is 0 Å². The van der Waals surface area contributed by atoms with E-state index < -0.39 is 6.04 Å². The zero-order valence-corrected chi connectivity index (χ0v) is 14.0. The van der Waals surface area contributed by atoms with Crippen LogP contribution in [0, 0.1) is 12.7 Å². The van der Waals surface area contributed by atoms with Gasteiger partial charge in [-0.25, -0.2) is 9.18 Å². The number of aryl methyl sites for hydroxylation is 1. The predicted octanol–water partition coefficient (Wildman–Crippen LogP) is 3.77. The third-order valence-electron chi connectivity index (χ3n) is 4.23. The van der Waals surface area contributed by atoms with Gasteiger partial charge in [-0.15, -0.1) is 0 Å². The molecule has 3 amide bonds. The molecule has 3 rings (SSSR count). The summed E-state index contributed by atoms with van der Waals surface area (Å²) < 4.78 is 13.0. The Morgan fingerprint density at radius 2 is 1.60 bits per heavy atom. The van der Waals surface area contributed by atoms with Gasteiger partial charge in [0.05, 0.1) is 0 Å². The smallest absolute Gasteiger partial charge is 0.322 e. The standard InChI is InChI=1S/C19H20FN3O2/c1-13-4-8-16(9-5-13)22-19(25)23-12-2-3-17(23)18(24)21-15-10-6-14(20)7-11-15/h4-11,17H,2-3,12H2,1H3,(H,21,24)(H,22,25)/t17-/m1/s1. The molecule has 130 valence electrons. The van der Waals surface area contributed by atoms with E-state index in [1.807, 2.05) is 31.2 Å². The van der Waals surface area contributed by atoms with Crippen molar-refractivity contribution in [2.24, 2.45) is 0 Å². The van der Waals surface area contributed by atoms with Crippen molar-refractivity contribution in [1.29, 1.82) is 0 Å². The molecular formula is C19H20FN3O2. The van der Waals surface area contributed by atoms with Crippen LogP contribution in [-0.2, 0) is 4.79 Å². The second-order valence-corrected chi connectivity index (χ2v) is 6.14. The van der Waals surface area contributed by atoms with Crippen molar-refractivity contribution < 1.29 is 14.0 Å². The number of halogens is 1. The topological polar surface area (TPSA) is 61.4 Å². The molecule has 1 aliphatic rings. The Hall–Kier alpha value is -2.89. The van der Waals surface area contributed by atoms with Gasteiger partial charge in [-0.1, -0.05) is 17.7 Å². The number of hydrogen-bond acceptors (Lipinski definition) is 2. The van der Waals surface area contributed by atoms with Crippen LogP contribution < -0.4 is 10.6 Å². The first-order valence-corrected chi connectivity index (χ1v) is 8.23. The molecular weight excluding hydrogens is 321 g/mol. The number of carbonyl (C=O) groups excluding carboxylic acids is 2. The molecule has 0 saturated carbocycles. The van der Waals surface area contributed by atoms with Gasteiger partial charge >= 0.3 is 6.03 Å². The van der Waals surface area contributed by atoms with Crippen LogP contribution in [0.5, 0.6) is 0 Å². The van der Waals surface area contributed by atoms with Gasteiger partial charge in [0.2, 0.25) is 5.91 Å². The predicted molar refractivity (Wildman–Crippen MR) is 95.0 cm³/mol. The fourth-order valence-electron chi connectivity index (χ4n) is 2.87. The van der Waals surface area contributed by atoms with Gasteiger partial charge in [-0.2, -0.15) is 0 Å². The van der Waals surface area contributed by atoms with Crippen molar-refractivity contribution in [1.82, 2.24) is 4.90 Å². The van der Waals surface area contributed by atoms with Crippen molar-refractivity contribution in [3.05, 3.63) is 59.9 Å². The van der Waals surface area contributed by atoms with Crippen LogP contribution in [0.15, 0.2) is 48.5 Å². The molecule has 1 aliphatic heterocycles. The highest BCUT2D eigenvalue weighted by Crippen LogP contribution is 2.21. The second kappa shape index (κ2) is 7.34. The summed E-state index contributed by atoms with van der Waals surface area (Å²) in [6, 6.07) is 12.2. The molecule has 0 radical (unpaired) electrons. The molecule has 2 aromatic carbocycles. The van der Waals surface area contributed by atoms with E-state index >= 15 is 0 Å². The number of rotatable bonds is 3. The Morgan fingerprint density at radius 1 is 1.00 bits per heavy atom. The summed E-state index contributed by atoms with van der Waals surface area (Å²) in [4.78, 5) is 26.5. The highest BCUT2D eigenvalue weighted by atomic mass is 19.1. The van der Waals surface area contributed by atoms with E-state index in [0.717, 1.165) is 12.0 Å². The van der Waals surface area contributed by atoms with E-state index in [9.17, 15) is 14.0 Å². The SMILES string of the molecule is Cc1ccc(NC(=O)N2CCC[C@@H]2C(=O)Nc2ccc(F)cc2)cc1. The van der Waals surface area contributed by atoms with E-state index in [0.29, 0.717) is 24.3 Å². The van der Waals surface area contributed by atoms with Crippen LogP contribution in [0.2, 0.25) is 0 Å². The van der Waals surface area contributed by atoms with Gasteiger partial charge < -0.3 is 15.5 Å². The lowest BCUT2D eigenvalue weighted by atomic mass is 10.2. The summed E-state index contributed by atoms with van der Waals surface area (Å²) in [5.41, 5.74) is 2.31. The summed E-state index contributed by atoms with van der Waals surface area (Å²) in [6.07, 6.45) is 1.37. The molecule has 0 bridgehead atoms. The molecule has 6 heteroatoms. The molecule has 0 aliphatic carbocycles. The first-order chi connectivity index (χ1) is 12.0. The summed E-state index contributed by atoms with van der Waals surface area (Å²) in [7, 11) is 0. The van der Waals surface area contributed by atoms with Crippen LogP contribution in [0.25, 0.3) is 0 Å². The second-order valence-electron chi connectivity index (χ2n) is 6.14. The molecule has 0 unspecified atom stereocenters. The number of anilines is 2. The Morgan fingerprint density at radius 3 is 2.28 bits per heavy atom. The molecule has 1 fully saturated rings. The van der Waals surface area contributed by atoms with Crippen LogP contribution in [0.4, 0.5) is 20.6 Å². The minimum Gasteiger partial charge on any atom is -0.324 e. The lowest BCUT2D eigenvalue weighted by Gasteiger charge is -2.24. The minimum atomic E-state index is -0.532. The summed E-state index contributed by atoms with van der Waals surface area (Å²) >= 11 is 0. The van der Waals surface area contributed by atoms with Crippen LogP contribution >= 0.6 is 0 Å². The molecule has 0 spiro atoms.